The molecule has 3 rings (SSSR count). The Morgan fingerprint density at radius 2 is 2.15 bits per heavy atom. The Morgan fingerprint density at radius 1 is 1.20 bits per heavy atom. The minimum atomic E-state index is 0.757. The third-order valence-corrected chi connectivity index (χ3v) is 3.27. The molecule has 0 amide bonds. The smallest absolute Gasteiger partial charge is 0.135 e. The summed E-state index contributed by atoms with van der Waals surface area (Å²) in [5.41, 5.74) is 6.80. The van der Waals surface area contributed by atoms with Gasteiger partial charge in [0.1, 0.15) is 5.82 Å². The van der Waals surface area contributed by atoms with Gasteiger partial charge in [-0.1, -0.05) is 12.1 Å². The molecule has 5 heteroatoms. The highest BCUT2D eigenvalue weighted by Gasteiger charge is 2.04. The first-order valence-corrected chi connectivity index (χ1v) is 6.67. The van der Waals surface area contributed by atoms with E-state index < -0.39 is 0 Å². The first-order chi connectivity index (χ1) is 9.84. The van der Waals surface area contributed by atoms with Gasteiger partial charge in [-0.3, -0.25) is 0 Å². The molecule has 20 heavy (non-hydrogen) atoms. The number of hydrogen-bond acceptors (Lipinski definition) is 4. The van der Waals surface area contributed by atoms with Gasteiger partial charge in [0.2, 0.25) is 0 Å². The number of imidazole rings is 1. The van der Waals surface area contributed by atoms with Crippen molar-refractivity contribution < 1.29 is 0 Å². The van der Waals surface area contributed by atoms with E-state index in [1.807, 2.05) is 36.8 Å². The van der Waals surface area contributed by atoms with Crippen molar-refractivity contribution in [3.63, 3.8) is 0 Å². The van der Waals surface area contributed by atoms with E-state index >= 15 is 0 Å². The number of anilines is 2. The fourth-order valence-electron chi connectivity index (χ4n) is 2.28. The van der Waals surface area contributed by atoms with Crippen molar-refractivity contribution in [1.29, 1.82) is 0 Å². The lowest BCUT2D eigenvalue weighted by Crippen LogP contribution is -2.07. The molecule has 0 atom stereocenters. The summed E-state index contributed by atoms with van der Waals surface area (Å²) < 4.78 is 2.06. The van der Waals surface area contributed by atoms with Crippen molar-refractivity contribution in [3.05, 3.63) is 49.2 Å². The van der Waals surface area contributed by atoms with Gasteiger partial charge < -0.3 is 15.6 Å². The van der Waals surface area contributed by atoms with Crippen LogP contribution in [0.4, 0.5) is 11.5 Å². The van der Waals surface area contributed by atoms with Gasteiger partial charge in [-0.05, 0) is 23.9 Å². The monoisotopic (exact) mass is 267 g/mol. The summed E-state index contributed by atoms with van der Waals surface area (Å²) in [5, 5.41) is 5.47. The van der Waals surface area contributed by atoms with Gasteiger partial charge in [0.05, 0.1) is 6.33 Å². The van der Waals surface area contributed by atoms with Crippen molar-refractivity contribution in [2.45, 2.75) is 13.0 Å². The zero-order valence-electron chi connectivity index (χ0n) is 11.2. The highest BCUT2D eigenvalue weighted by atomic mass is 15.0. The quantitative estimate of drug-likeness (QED) is 0.550. The molecular formula is C15H17N5. The number of nitrogens with zero attached hydrogens (tertiary/aromatic N) is 3. The van der Waals surface area contributed by atoms with Crippen LogP contribution in [-0.2, 0) is 6.54 Å². The standard InChI is InChI=1S/C15H17N5/c16-13-4-1-3-12-5-7-19-15(14(12)13)18-6-2-9-20-10-8-17-11-20/h1,3-5,7-8,10-11H,2,6,9,16H2,(H,18,19). The summed E-state index contributed by atoms with van der Waals surface area (Å²) in [6, 6.07) is 7.88. The summed E-state index contributed by atoms with van der Waals surface area (Å²) in [4.78, 5) is 8.42. The van der Waals surface area contributed by atoms with Gasteiger partial charge in [-0.2, -0.15) is 0 Å². The number of nitrogens with one attached hydrogen (secondary N) is 1. The molecule has 0 saturated heterocycles. The number of nitrogen functional groups attached to an aromatic ring is 1. The van der Waals surface area contributed by atoms with Crippen LogP contribution in [-0.4, -0.2) is 21.1 Å². The Bertz CT molecular complexity index is 685. The Labute approximate surface area is 117 Å². The predicted molar refractivity (Wildman–Crippen MR) is 81.5 cm³/mol. The van der Waals surface area contributed by atoms with Crippen LogP contribution in [0, 0.1) is 0 Å². The Kier molecular flexibility index (Phi) is 3.50. The lowest BCUT2D eigenvalue weighted by atomic mass is 10.1. The van der Waals surface area contributed by atoms with Crippen LogP contribution >= 0.6 is 0 Å². The molecule has 0 unspecified atom stereocenters. The maximum absolute atomic E-state index is 6.05. The van der Waals surface area contributed by atoms with Crippen molar-refractivity contribution in [2.24, 2.45) is 0 Å². The molecule has 1 aromatic carbocycles. The van der Waals surface area contributed by atoms with E-state index in [4.69, 9.17) is 5.73 Å². The second kappa shape index (κ2) is 5.61. The molecule has 2 aromatic heterocycles. The second-order valence-electron chi connectivity index (χ2n) is 4.69. The number of fused-ring (bicyclic) bond motifs is 1. The summed E-state index contributed by atoms with van der Waals surface area (Å²) in [6.45, 7) is 1.78. The molecule has 0 spiro atoms. The number of pyridine rings is 1. The van der Waals surface area contributed by atoms with Gasteiger partial charge >= 0.3 is 0 Å². The third-order valence-electron chi connectivity index (χ3n) is 3.27. The Morgan fingerprint density at radius 3 is 3.00 bits per heavy atom. The van der Waals surface area contributed by atoms with Gasteiger partial charge in [0.15, 0.2) is 0 Å². The SMILES string of the molecule is Nc1cccc2ccnc(NCCCn3ccnc3)c12. The average molecular weight is 267 g/mol. The normalized spacial score (nSPS) is 10.8. The van der Waals surface area contributed by atoms with Crippen LogP contribution in [0.1, 0.15) is 6.42 Å². The molecular weight excluding hydrogens is 250 g/mol. The molecule has 3 aromatic rings. The highest BCUT2D eigenvalue weighted by Crippen LogP contribution is 2.26. The van der Waals surface area contributed by atoms with Crippen LogP contribution in [0.3, 0.4) is 0 Å². The van der Waals surface area contributed by atoms with E-state index in [2.05, 4.69) is 19.9 Å². The van der Waals surface area contributed by atoms with E-state index in [9.17, 15) is 0 Å². The third kappa shape index (κ3) is 2.56. The molecule has 0 aliphatic rings. The average Bonchev–Trinajstić information content (AvgIpc) is 2.97. The van der Waals surface area contributed by atoms with Crippen molar-refractivity contribution in [3.8, 4) is 0 Å². The van der Waals surface area contributed by atoms with E-state index in [1.54, 1.807) is 12.4 Å². The number of hydrogen-bond donors (Lipinski definition) is 2. The van der Waals surface area contributed by atoms with E-state index in [0.29, 0.717) is 0 Å². The summed E-state index contributed by atoms with van der Waals surface area (Å²) in [6.07, 6.45) is 8.39. The minimum Gasteiger partial charge on any atom is -0.398 e. The van der Waals surface area contributed by atoms with E-state index in [-0.39, 0.29) is 0 Å². The number of benzene rings is 1. The topological polar surface area (TPSA) is 68.8 Å². The molecule has 0 aliphatic carbocycles. The molecule has 0 fully saturated rings. The van der Waals surface area contributed by atoms with Crippen molar-refractivity contribution >= 4 is 22.3 Å². The summed E-state index contributed by atoms with van der Waals surface area (Å²) >= 11 is 0. The largest absolute Gasteiger partial charge is 0.398 e. The lowest BCUT2D eigenvalue weighted by Gasteiger charge is -2.10. The van der Waals surface area contributed by atoms with Crippen LogP contribution in [0.25, 0.3) is 10.8 Å². The summed E-state index contributed by atoms with van der Waals surface area (Å²) in [5.74, 6) is 0.853. The number of aryl methyl sites for hydroxylation is 1. The lowest BCUT2D eigenvalue weighted by molar-refractivity contribution is 0.660. The molecule has 0 saturated carbocycles. The zero-order chi connectivity index (χ0) is 13.8. The first kappa shape index (κ1) is 12.5. The van der Waals surface area contributed by atoms with Crippen molar-refractivity contribution in [2.75, 3.05) is 17.6 Å². The van der Waals surface area contributed by atoms with E-state index in [0.717, 1.165) is 41.8 Å². The summed E-state index contributed by atoms with van der Waals surface area (Å²) in [7, 11) is 0. The Balaban J connectivity index is 1.68. The fraction of sp³-hybridized carbons (Fsp3) is 0.200. The molecule has 0 radical (unpaired) electrons. The molecule has 5 nitrogen and oxygen atoms in total. The van der Waals surface area contributed by atoms with Gasteiger partial charge in [-0.15, -0.1) is 0 Å². The maximum Gasteiger partial charge on any atom is 0.135 e. The number of nitrogens with two attached hydrogens (primary N) is 1. The van der Waals surface area contributed by atoms with Crippen LogP contribution in [0.2, 0.25) is 0 Å². The fourth-order valence-corrected chi connectivity index (χ4v) is 2.28. The number of aromatic nitrogens is 3. The van der Waals surface area contributed by atoms with Crippen molar-refractivity contribution in [1.82, 2.24) is 14.5 Å². The van der Waals surface area contributed by atoms with Gasteiger partial charge in [0, 0.05) is 42.8 Å². The van der Waals surface area contributed by atoms with Crippen LogP contribution in [0.15, 0.2) is 49.2 Å². The van der Waals surface area contributed by atoms with Crippen LogP contribution < -0.4 is 11.1 Å². The number of rotatable bonds is 5. The maximum atomic E-state index is 6.05. The molecule has 2 heterocycles. The zero-order valence-corrected chi connectivity index (χ0v) is 11.2. The molecule has 102 valence electrons. The highest BCUT2D eigenvalue weighted by molar-refractivity contribution is 6.00. The molecule has 0 bridgehead atoms. The first-order valence-electron chi connectivity index (χ1n) is 6.67. The molecule has 3 N–H and O–H groups in total. The van der Waals surface area contributed by atoms with Gasteiger partial charge in [-0.25, -0.2) is 9.97 Å². The molecule has 0 aliphatic heterocycles. The predicted octanol–water partition coefficient (Wildman–Crippen LogP) is 2.52. The minimum absolute atomic E-state index is 0.757. The van der Waals surface area contributed by atoms with Gasteiger partial charge in [0.25, 0.3) is 0 Å². The second-order valence-corrected chi connectivity index (χ2v) is 4.69. The Hall–Kier alpha value is -2.56. The van der Waals surface area contributed by atoms with E-state index in [1.165, 1.54) is 0 Å². The van der Waals surface area contributed by atoms with Crippen LogP contribution in [0.5, 0.6) is 0 Å².